The molecule has 14 N–H and O–H groups in total. The molecule has 3 aliphatic heterocycles. The van der Waals surface area contributed by atoms with Crippen molar-refractivity contribution in [1.82, 2.24) is 26.6 Å². The maximum absolute atomic E-state index is 12.8. The van der Waals surface area contributed by atoms with Gasteiger partial charge in [0.1, 0.15) is 67.5 Å². The molecule has 3 fully saturated rings. The normalized spacial score (nSPS) is 28.4. The molecule has 0 aromatic rings. The van der Waals surface area contributed by atoms with Crippen LogP contribution in [0.15, 0.2) is 0 Å². The summed E-state index contributed by atoms with van der Waals surface area (Å²) in [5.74, 6) is -4.60. The monoisotopic (exact) mass is 1360 g/mol. The van der Waals surface area contributed by atoms with E-state index in [1.807, 2.05) is 0 Å². The molecule has 5 amide bonds. The number of carboxylic acids is 1. The third kappa shape index (κ3) is 32.0. The van der Waals surface area contributed by atoms with Crippen LogP contribution in [-0.2, 0) is 103 Å². The molecule has 8 unspecified atom stereocenters. The fraction of sp³-hybridized carbons (Fsp3) is 0.849. The van der Waals surface area contributed by atoms with Crippen LogP contribution in [0.25, 0.3) is 0 Å². The number of carbonyl (C=O) groups excluding carboxylic acids is 7. The lowest BCUT2D eigenvalue weighted by molar-refractivity contribution is -0.270. The Kier molecular flexibility index (Phi) is 38.8. The molecule has 528 valence electrons. The maximum Gasteiger partial charge on any atom is 0.329 e. The Morgan fingerprint density at radius 2 is 0.879 bits per heavy atom. The van der Waals surface area contributed by atoms with Crippen molar-refractivity contribution in [3.05, 3.63) is 0 Å². The number of unbranched alkanes of at least 4 members (excludes halogenated alkanes) is 3. The van der Waals surface area contributed by atoms with Crippen LogP contribution in [-0.4, -0.2) is 278 Å². The second-order valence-electron chi connectivity index (χ2n) is 21.7. The first-order chi connectivity index (χ1) is 42.8. The summed E-state index contributed by atoms with van der Waals surface area (Å²) in [5.41, 5.74) is 0. The number of ether oxygens (including phenoxy) is 8. The Labute approximate surface area is 526 Å². The number of carboxylic acid groups (broad SMARTS) is 1. The highest BCUT2D eigenvalue weighted by atomic mass is 31.2. The molecule has 0 aromatic carbocycles. The van der Waals surface area contributed by atoms with Gasteiger partial charge in [-0.3, -0.25) is 56.5 Å². The van der Waals surface area contributed by atoms with Gasteiger partial charge in [-0.15, -0.1) is 0 Å². The van der Waals surface area contributed by atoms with E-state index in [2.05, 4.69) is 26.6 Å². The highest BCUT2D eigenvalue weighted by Gasteiger charge is 2.49. The quantitative estimate of drug-likeness (QED) is 0.0122. The number of aliphatic hydroxyl groups is 8. The lowest BCUT2D eigenvalue weighted by Gasteiger charge is -2.44. The van der Waals surface area contributed by atoms with Crippen molar-refractivity contribution in [2.75, 3.05) is 86.2 Å². The van der Waals surface area contributed by atoms with Gasteiger partial charge in [-0.25, -0.2) is 0 Å². The van der Waals surface area contributed by atoms with Crippen LogP contribution >= 0.6 is 15.2 Å². The Hall–Kier alpha value is -4.50. The van der Waals surface area contributed by atoms with Gasteiger partial charge in [0, 0.05) is 92.9 Å². The van der Waals surface area contributed by atoms with Gasteiger partial charge in [0.05, 0.1) is 57.8 Å². The zero-order chi connectivity index (χ0) is 68.6. The highest BCUT2D eigenvalue weighted by molar-refractivity contribution is 7.53. The molecule has 0 saturated carbocycles. The summed E-state index contributed by atoms with van der Waals surface area (Å²) in [6.07, 6.45) is -10.8. The lowest BCUT2D eigenvalue weighted by atomic mass is 9.88. The van der Waals surface area contributed by atoms with Crippen molar-refractivity contribution in [3.8, 4) is 0 Å². The van der Waals surface area contributed by atoms with Crippen LogP contribution in [0.5, 0.6) is 0 Å². The van der Waals surface area contributed by atoms with E-state index < -0.39 is 201 Å². The summed E-state index contributed by atoms with van der Waals surface area (Å²) in [6, 6.07) is -4.81. The van der Waals surface area contributed by atoms with Crippen LogP contribution in [0.2, 0.25) is 0 Å². The lowest BCUT2D eigenvalue weighted by Crippen LogP contribution is -2.64. The summed E-state index contributed by atoms with van der Waals surface area (Å²) in [7, 11) is -7.79. The average molecular weight is 1360 g/mol. The molecule has 0 aliphatic carbocycles. The van der Waals surface area contributed by atoms with Gasteiger partial charge < -0.3 is 119 Å². The molecule has 3 aliphatic rings. The first-order valence-corrected chi connectivity index (χ1v) is 33.4. The van der Waals surface area contributed by atoms with Gasteiger partial charge in [-0.05, 0) is 38.5 Å². The standard InChI is InChI=1S/C35H66N4O22P2.C18H29NO9/c1-20(44)36-28-32(50)30(48)24(15-42)60-34(28)54-11-7-5-9-26(46)38-22(13-40)17-56-62(3,52)58-19-59-63(4,53)57-18-23(14-41)39-27(47)10-6-8-12-55-35-29(37-21(2)45)33(51)31(49)25(16-43)61-35;1-10-16(19-11(2)20)18(25-8-6-5-7-15(23)24)28-14(9-26-12(3)21)17(10)27-13(4)22/h22-25,28-35,40-43,48-51H,5-19H2,1-4H3,(H,36,44)(H,37,45)(H,38,46)(H,39,47);10,14,16-18H,5-9H2,1-4H3,(H,19,20)(H,23,24)/t22-,23+,24?,25?,28?,29?,30-,31-,32+,33+,34+,35+,62?,63?;10-,14?,16?,17-,18-/m01/s1. The summed E-state index contributed by atoms with van der Waals surface area (Å²) in [4.78, 5) is 92.9. The van der Waals surface area contributed by atoms with Crippen molar-refractivity contribution in [2.24, 2.45) is 5.92 Å². The third-order valence-electron chi connectivity index (χ3n) is 13.7. The van der Waals surface area contributed by atoms with Crippen LogP contribution in [0, 0.1) is 5.92 Å². The van der Waals surface area contributed by atoms with Gasteiger partial charge in [-0.2, -0.15) is 0 Å². The number of amides is 5. The van der Waals surface area contributed by atoms with Crippen molar-refractivity contribution in [1.29, 1.82) is 0 Å². The molecule has 3 rings (SSSR count). The molecule has 0 aromatic heterocycles. The van der Waals surface area contributed by atoms with Crippen molar-refractivity contribution < 1.29 is 149 Å². The van der Waals surface area contributed by atoms with Gasteiger partial charge in [0.2, 0.25) is 29.5 Å². The fourth-order valence-electron chi connectivity index (χ4n) is 9.01. The largest absolute Gasteiger partial charge is 0.481 e. The molecule has 3 saturated heterocycles. The minimum Gasteiger partial charge on any atom is -0.481 e. The Morgan fingerprint density at radius 1 is 0.505 bits per heavy atom. The number of aliphatic hydroxyl groups excluding tert-OH is 8. The topological polar surface area (TPSA) is 524 Å². The Morgan fingerprint density at radius 3 is 1.23 bits per heavy atom. The number of esters is 2. The molecular formula is C53H95N5O31P2. The summed E-state index contributed by atoms with van der Waals surface area (Å²) >= 11 is 0. The van der Waals surface area contributed by atoms with Gasteiger partial charge in [0.25, 0.3) is 0 Å². The first-order valence-electron chi connectivity index (χ1n) is 29.4. The zero-order valence-corrected chi connectivity index (χ0v) is 54.1. The number of hydrogen-bond donors (Lipinski definition) is 14. The van der Waals surface area contributed by atoms with E-state index >= 15 is 0 Å². The van der Waals surface area contributed by atoms with E-state index in [0.29, 0.717) is 38.5 Å². The maximum atomic E-state index is 12.8. The summed E-state index contributed by atoms with van der Waals surface area (Å²) in [5, 5.41) is 101. The SMILES string of the molecule is CC(=O)NC1[C@H](OCCCCC(=O)N[C@H](CO)COP(C)(=O)OCOP(C)(=O)OC[C@H](CO)NC(=O)CCCCO[C@@H]2OC(CO)[C@H](O)[C@H](O)C2NC(C)=O)OC(CO)[C@H](O)[C@@H]1O.CC(=O)NC1[C@H](OCCCCC(=O)O)OC(COC(C)=O)[C@H](OC(C)=O)[C@@H]1C. The van der Waals surface area contributed by atoms with Crippen molar-refractivity contribution in [3.63, 3.8) is 0 Å². The number of aliphatic carboxylic acids is 1. The first kappa shape index (κ1) is 82.6. The predicted octanol–water partition coefficient (Wildman–Crippen LogP) is -3.51. The van der Waals surface area contributed by atoms with Crippen LogP contribution in [0.3, 0.4) is 0 Å². The molecule has 38 heteroatoms. The average Bonchev–Trinajstić information content (AvgIpc) is 0.907. The molecule has 36 nitrogen and oxygen atoms in total. The van der Waals surface area contributed by atoms with Crippen molar-refractivity contribution >= 4 is 62.6 Å². The number of hydrogen-bond acceptors (Lipinski definition) is 30. The molecule has 0 radical (unpaired) electrons. The van der Waals surface area contributed by atoms with Gasteiger partial charge in [0.15, 0.2) is 25.7 Å². The molecule has 91 heavy (non-hydrogen) atoms. The second-order valence-corrected chi connectivity index (χ2v) is 25.8. The van der Waals surface area contributed by atoms with Crippen LogP contribution in [0.4, 0.5) is 0 Å². The third-order valence-corrected chi connectivity index (χ3v) is 16.1. The Bertz CT molecular complexity index is 2240. The van der Waals surface area contributed by atoms with Gasteiger partial charge >= 0.3 is 33.1 Å². The van der Waals surface area contributed by atoms with E-state index in [1.165, 1.54) is 34.6 Å². The highest BCUT2D eigenvalue weighted by Crippen LogP contribution is 2.48. The fourth-order valence-corrected chi connectivity index (χ4v) is 10.6. The zero-order valence-electron chi connectivity index (χ0n) is 52.4. The van der Waals surface area contributed by atoms with Crippen LogP contribution in [0.1, 0.15) is 99.3 Å². The van der Waals surface area contributed by atoms with Crippen molar-refractivity contribution in [2.45, 2.75) is 197 Å². The Balaban J connectivity index is 0.000000837. The molecule has 19 atom stereocenters. The molecular weight excluding hydrogens is 1260 g/mol. The molecule has 0 bridgehead atoms. The second kappa shape index (κ2) is 42.8. The van der Waals surface area contributed by atoms with Crippen LogP contribution < -0.4 is 26.6 Å². The minimum atomic E-state index is -3.90. The molecule has 0 spiro atoms. The predicted molar refractivity (Wildman–Crippen MR) is 309 cm³/mol. The smallest absolute Gasteiger partial charge is 0.329 e. The summed E-state index contributed by atoms with van der Waals surface area (Å²) in [6.45, 7) is 6.21. The van der Waals surface area contributed by atoms with E-state index in [1.54, 1.807) is 6.92 Å². The van der Waals surface area contributed by atoms with E-state index in [0.717, 1.165) is 13.3 Å². The number of carbonyl (C=O) groups is 8. The van der Waals surface area contributed by atoms with E-state index in [9.17, 15) is 88.3 Å². The van der Waals surface area contributed by atoms with E-state index in [4.69, 9.17) is 61.1 Å². The molecule has 3 heterocycles. The minimum absolute atomic E-state index is 0.0195. The number of rotatable bonds is 40. The summed E-state index contributed by atoms with van der Waals surface area (Å²) < 4.78 is 90.4. The van der Waals surface area contributed by atoms with Gasteiger partial charge in [-0.1, -0.05) is 6.92 Å². The number of nitrogens with one attached hydrogen (secondary N) is 5. The van der Waals surface area contributed by atoms with E-state index in [-0.39, 0.29) is 57.5 Å².